The molecule has 0 fully saturated rings. The zero-order chi connectivity index (χ0) is 15.2. The zero-order valence-electron chi connectivity index (χ0n) is 11.1. The van der Waals surface area contributed by atoms with Crippen LogP contribution in [0.4, 0.5) is 5.69 Å². The van der Waals surface area contributed by atoms with E-state index in [9.17, 15) is 14.7 Å². The summed E-state index contributed by atoms with van der Waals surface area (Å²) < 4.78 is 5.00. The van der Waals surface area contributed by atoms with Crippen LogP contribution < -0.4 is 5.32 Å². The molecule has 1 aromatic carbocycles. The van der Waals surface area contributed by atoms with Crippen molar-refractivity contribution >= 4 is 29.0 Å². The van der Waals surface area contributed by atoms with E-state index in [-0.39, 0.29) is 16.3 Å². The van der Waals surface area contributed by atoms with E-state index in [0.717, 1.165) is 5.56 Å². The summed E-state index contributed by atoms with van der Waals surface area (Å²) in [6, 6.07) is 6.38. The Hall–Kier alpha value is -2.11. The Morgan fingerprint density at radius 2 is 2.19 bits per heavy atom. The number of carbonyl (C=O) groups excluding carboxylic acids is 2. The van der Waals surface area contributed by atoms with Crippen LogP contribution in [0.15, 0.2) is 34.9 Å². The second-order valence-corrected chi connectivity index (χ2v) is 5.41. The molecule has 1 aliphatic rings. The molecule has 0 aliphatic carbocycles. The van der Waals surface area contributed by atoms with Crippen molar-refractivity contribution in [2.75, 3.05) is 5.32 Å². The van der Waals surface area contributed by atoms with Crippen LogP contribution in [0.1, 0.15) is 28.1 Å². The number of amides is 1. The molecule has 0 unspecified atom stereocenters. The number of ketones is 1. The van der Waals surface area contributed by atoms with Gasteiger partial charge in [-0.3, -0.25) is 9.59 Å². The first-order valence-electron chi connectivity index (χ1n) is 6.33. The third-order valence-corrected chi connectivity index (χ3v) is 3.92. The molecule has 5 nitrogen and oxygen atoms in total. The van der Waals surface area contributed by atoms with Crippen molar-refractivity contribution in [1.29, 1.82) is 0 Å². The van der Waals surface area contributed by atoms with Crippen LogP contribution in [-0.2, 0) is 10.4 Å². The molecule has 2 N–H and O–H groups in total. The molecule has 0 saturated carbocycles. The second-order valence-electron chi connectivity index (χ2n) is 5.01. The van der Waals surface area contributed by atoms with Crippen LogP contribution in [0.25, 0.3) is 0 Å². The van der Waals surface area contributed by atoms with Crippen molar-refractivity contribution in [2.45, 2.75) is 18.9 Å². The summed E-state index contributed by atoms with van der Waals surface area (Å²) in [5.74, 6) is -1.04. The van der Waals surface area contributed by atoms with E-state index in [1.54, 1.807) is 25.1 Å². The highest BCUT2D eigenvalue weighted by Gasteiger charge is 2.49. The first kappa shape index (κ1) is 13.9. The van der Waals surface area contributed by atoms with E-state index in [2.05, 4.69) is 5.32 Å². The van der Waals surface area contributed by atoms with Gasteiger partial charge in [0.1, 0.15) is 0 Å². The van der Waals surface area contributed by atoms with Gasteiger partial charge in [-0.25, -0.2) is 0 Å². The van der Waals surface area contributed by atoms with E-state index in [1.165, 1.54) is 12.3 Å². The van der Waals surface area contributed by atoms with Gasteiger partial charge in [0.25, 0.3) is 5.91 Å². The summed E-state index contributed by atoms with van der Waals surface area (Å²) >= 11 is 6.11. The number of rotatable bonds is 3. The molecule has 0 radical (unpaired) electrons. The van der Waals surface area contributed by atoms with E-state index in [0.29, 0.717) is 5.69 Å². The van der Waals surface area contributed by atoms with Gasteiger partial charge in [0.05, 0.1) is 18.4 Å². The monoisotopic (exact) mass is 305 g/mol. The predicted octanol–water partition coefficient (Wildman–Crippen LogP) is 2.65. The third kappa shape index (κ3) is 2.05. The number of furan rings is 1. The standard InChI is InChI=1S/C15H12ClNO4/c1-8-4-5-9(16)12-13(8)17-14(19)15(12,20)7-10(18)11-3-2-6-21-11/h2-6,20H,7H2,1H3,(H,17,19)/t15-/m0/s1. The lowest BCUT2D eigenvalue weighted by Gasteiger charge is -2.20. The summed E-state index contributed by atoms with van der Waals surface area (Å²) in [5.41, 5.74) is -0.511. The number of anilines is 1. The SMILES string of the molecule is Cc1ccc(Cl)c2c1NC(=O)[C@]2(O)CC(=O)c1ccco1. The number of aliphatic hydroxyl groups is 1. The summed E-state index contributed by atoms with van der Waals surface area (Å²) in [6.45, 7) is 1.79. The smallest absolute Gasteiger partial charge is 0.261 e. The Balaban J connectivity index is 2.05. The van der Waals surface area contributed by atoms with Crippen molar-refractivity contribution < 1.29 is 19.1 Å². The molecule has 108 valence electrons. The minimum absolute atomic E-state index is 0.0912. The molecule has 2 heterocycles. The number of fused-ring (bicyclic) bond motifs is 1. The normalized spacial score (nSPS) is 20.2. The molecule has 0 spiro atoms. The maximum atomic E-state index is 12.2. The molecule has 1 amide bonds. The Morgan fingerprint density at radius 3 is 2.86 bits per heavy atom. The van der Waals surface area contributed by atoms with Crippen LogP contribution in [0, 0.1) is 6.92 Å². The van der Waals surface area contributed by atoms with E-state index < -0.39 is 23.7 Å². The van der Waals surface area contributed by atoms with Crippen LogP contribution in [0.5, 0.6) is 0 Å². The Morgan fingerprint density at radius 1 is 1.43 bits per heavy atom. The summed E-state index contributed by atoms with van der Waals surface area (Å²) in [5, 5.41) is 13.6. The van der Waals surface area contributed by atoms with Crippen molar-refractivity contribution in [2.24, 2.45) is 0 Å². The molecule has 21 heavy (non-hydrogen) atoms. The topological polar surface area (TPSA) is 79.5 Å². The maximum absolute atomic E-state index is 12.2. The first-order chi connectivity index (χ1) is 9.93. The molecule has 1 aromatic heterocycles. The van der Waals surface area contributed by atoms with E-state index in [1.807, 2.05) is 0 Å². The van der Waals surface area contributed by atoms with Gasteiger partial charge >= 0.3 is 0 Å². The molecule has 1 atom stereocenters. The summed E-state index contributed by atoms with van der Waals surface area (Å²) in [6.07, 6.45) is 0.930. The molecular weight excluding hydrogens is 294 g/mol. The molecule has 2 aromatic rings. The van der Waals surface area contributed by atoms with Gasteiger partial charge in [0.15, 0.2) is 11.4 Å². The van der Waals surface area contributed by atoms with Gasteiger partial charge < -0.3 is 14.8 Å². The first-order valence-corrected chi connectivity index (χ1v) is 6.71. The van der Waals surface area contributed by atoms with Crippen LogP contribution in [-0.4, -0.2) is 16.8 Å². The molecule has 3 rings (SSSR count). The molecule has 1 aliphatic heterocycles. The summed E-state index contributed by atoms with van der Waals surface area (Å²) in [7, 11) is 0. The largest absolute Gasteiger partial charge is 0.461 e. The Kier molecular flexibility index (Phi) is 3.11. The lowest BCUT2D eigenvalue weighted by Crippen LogP contribution is -2.36. The number of benzene rings is 1. The fourth-order valence-electron chi connectivity index (χ4n) is 2.50. The van der Waals surface area contributed by atoms with E-state index >= 15 is 0 Å². The van der Waals surface area contributed by atoms with Crippen molar-refractivity contribution in [1.82, 2.24) is 0 Å². The molecular formula is C15H12ClNO4. The highest BCUT2D eigenvalue weighted by atomic mass is 35.5. The number of hydrogen-bond acceptors (Lipinski definition) is 4. The van der Waals surface area contributed by atoms with Crippen molar-refractivity contribution in [3.63, 3.8) is 0 Å². The van der Waals surface area contributed by atoms with Crippen LogP contribution in [0.3, 0.4) is 0 Å². The third-order valence-electron chi connectivity index (χ3n) is 3.60. The Bertz CT molecular complexity index is 738. The minimum atomic E-state index is -1.98. The fourth-order valence-corrected chi connectivity index (χ4v) is 2.82. The lowest BCUT2D eigenvalue weighted by molar-refractivity contribution is -0.133. The van der Waals surface area contributed by atoms with Gasteiger partial charge in [-0.1, -0.05) is 17.7 Å². The quantitative estimate of drug-likeness (QED) is 0.854. The highest BCUT2D eigenvalue weighted by Crippen LogP contribution is 2.44. The average molecular weight is 306 g/mol. The number of Topliss-reactive ketones (excluding diaryl/α,β-unsaturated/α-hetero) is 1. The van der Waals surface area contributed by atoms with Gasteiger partial charge in [-0.15, -0.1) is 0 Å². The average Bonchev–Trinajstić information content (AvgIpc) is 3.03. The summed E-state index contributed by atoms with van der Waals surface area (Å²) in [4.78, 5) is 24.3. The van der Waals surface area contributed by atoms with Gasteiger partial charge in [-0.2, -0.15) is 0 Å². The fraction of sp³-hybridized carbons (Fsp3) is 0.200. The maximum Gasteiger partial charge on any atom is 0.261 e. The van der Waals surface area contributed by atoms with E-state index in [4.69, 9.17) is 16.0 Å². The number of hydrogen-bond donors (Lipinski definition) is 2. The molecule has 6 heteroatoms. The van der Waals surface area contributed by atoms with Crippen LogP contribution >= 0.6 is 11.6 Å². The van der Waals surface area contributed by atoms with Crippen LogP contribution in [0.2, 0.25) is 5.02 Å². The predicted molar refractivity (Wildman–Crippen MR) is 76.4 cm³/mol. The number of carbonyl (C=O) groups is 2. The lowest BCUT2D eigenvalue weighted by atomic mass is 9.88. The second kappa shape index (κ2) is 4.72. The number of nitrogens with one attached hydrogen (secondary N) is 1. The van der Waals surface area contributed by atoms with Gasteiger partial charge in [0.2, 0.25) is 5.78 Å². The molecule has 0 saturated heterocycles. The van der Waals surface area contributed by atoms with Crippen molar-refractivity contribution in [3.05, 3.63) is 52.4 Å². The highest BCUT2D eigenvalue weighted by molar-refractivity contribution is 6.33. The van der Waals surface area contributed by atoms with Gasteiger partial charge in [-0.05, 0) is 30.7 Å². The molecule has 0 bridgehead atoms. The number of halogens is 1. The number of aryl methyl sites for hydroxylation is 1. The Labute approximate surface area is 125 Å². The van der Waals surface area contributed by atoms with Crippen molar-refractivity contribution in [3.8, 4) is 0 Å². The minimum Gasteiger partial charge on any atom is -0.461 e. The van der Waals surface area contributed by atoms with Gasteiger partial charge in [0, 0.05) is 10.6 Å². The zero-order valence-corrected chi connectivity index (χ0v) is 11.9.